The fraction of sp³-hybridized carbons (Fsp3) is 0.786. The summed E-state index contributed by atoms with van der Waals surface area (Å²) >= 11 is 0. The molecule has 3 N–H and O–H groups in total. The number of hydrogen-bond acceptors (Lipinski definition) is 4. The number of nitrogens with zero attached hydrogens (tertiary/aromatic N) is 3. The molecule has 1 aromatic heterocycles. The fourth-order valence-corrected chi connectivity index (χ4v) is 3.31. The SMILES string of the molecule is Cl.Cl.N[C@@H]1CCC[C@H]1CC(=O)NCc1nnc2n1CCCC2. The topological polar surface area (TPSA) is 85.8 Å². The van der Waals surface area contributed by atoms with E-state index in [4.69, 9.17) is 5.73 Å². The summed E-state index contributed by atoms with van der Waals surface area (Å²) in [6.45, 7) is 1.45. The molecule has 22 heavy (non-hydrogen) atoms. The molecule has 2 heterocycles. The largest absolute Gasteiger partial charge is 0.349 e. The molecule has 0 aromatic carbocycles. The third-order valence-electron chi connectivity index (χ3n) is 4.55. The normalized spacial score (nSPS) is 23.1. The number of fused-ring (bicyclic) bond motifs is 1. The van der Waals surface area contributed by atoms with Gasteiger partial charge in [-0.15, -0.1) is 35.0 Å². The minimum absolute atomic E-state index is 0. The van der Waals surface area contributed by atoms with E-state index in [1.165, 1.54) is 12.8 Å². The summed E-state index contributed by atoms with van der Waals surface area (Å²) in [6, 6.07) is 0.196. The van der Waals surface area contributed by atoms with Crippen LogP contribution in [-0.4, -0.2) is 26.7 Å². The molecular formula is C14H25Cl2N5O. The Bertz CT molecular complexity index is 494. The highest BCUT2D eigenvalue weighted by atomic mass is 35.5. The summed E-state index contributed by atoms with van der Waals surface area (Å²) in [7, 11) is 0. The maximum atomic E-state index is 12.0. The smallest absolute Gasteiger partial charge is 0.220 e. The lowest BCUT2D eigenvalue weighted by atomic mass is 10.00. The molecule has 1 fully saturated rings. The van der Waals surface area contributed by atoms with Crippen molar-refractivity contribution in [2.24, 2.45) is 11.7 Å². The van der Waals surface area contributed by atoms with Gasteiger partial charge in [-0.3, -0.25) is 4.79 Å². The third-order valence-corrected chi connectivity index (χ3v) is 4.55. The molecule has 0 spiro atoms. The number of rotatable bonds is 4. The minimum Gasteiger partial charge on any atom is -0.349 e. The van der Waals surface area contributed by atoms with Crippen molar-refractivity contribution in [2.45, 2.75) is 64.1 Å². The van der Waals surface area contributed by atoms with Crippen LogP contribution in [0.4, 0.5) is 0 Å². The second-order valence-corrected chi connectivity index (χ2v) is 5.98. The quantitative estimate of drug-likeness (QED) is 0.864. The van der Waals surface area contributed by atoms with Crippen LogP contribution in [0.5, 0.6) is 0 Å². The summed E-state index contributed by atoms with van der Waals surface area (Å²) in [4.78, 5) is 12.0. The van der Waals surface area contributed by atoms with Gasteiger partial charge in [0.2, 0.25) is 5.91 Å². The van der Waals surface area contributed by atoms with Crippen LogP contribution in [0.2, 0.25) is 0 Å². The predicted octanol–water partition coefficient (Wildman–Crippen LogP) is 1.59. The number of nitrogens with one attached hydrogen (secondary N) is 1. The van der Waals surface area contributed by atoms with Gasteiger partial charge in [0.15, 0.2) is 5.82 Å². The monoisotopic (exact) mass is 349 g/mol. The van der Waals surface area contributed by atoms with Gasteiger partial charge < -0.3 is 15.6 Å². The summed E-state index contributed by atoms with van der Waals surface area (Å²) < 4.78 is 2.14. The van der Waals surface area contributed by atoms with Crippen LogP contribution < -0.4 is 11.1 Å². The first-order valence-electron chi connectivity index (χ1n) is 7.67. The van der Waals surface area contributed by atoms with Crippen molar-refractivity contribution in [3.63, 3.8) is 0 Å². The van der Waals surface area contributed by atoms with Gasteiger partial charge in [0.1, 0.15) is 5.82 Å². The molecule has 0 saturated heterocycles. The van der Waals surface area contributed by atoms with Crippen molar-refractivity contribution < 1.29 is 4.79 Å². The molecule has 0 bridgehead atoms. The lowest BCUT2D eigenvalue weighted by Gasteiger charge is -2.16. The molecule has 1 aromatic rings. The summed E-state index contributed by atoms with van der Waals surface area (Å²) in [6.07, 6.45) is 7.17. The Morgan fingerprint density at radius 1 is 1.23 bits per heavy atom. The Hall–Kier alpha value is -0.850. The van der Waals surface area contributed by atoms with Gasteiger partial charge in [0.05, 0.1) is 6.54 Å². The molecule has 2 atom stereocenters. The number of carbonyl (C=O) groups excluding carboxylic acids is 1. The second kappa shape index (κ2) is 8.70. The van der Waals surface area contributed by atoms with Crippen LogP contribution in [0.25, 0.3) is 0 Å². The van der Waals surface area contributed by atoms with Crippen LogP contribution in [0.3, 0.4) is 0 Å². The molecule has 3 rings (SSSR count). The standard InChI is InChI=1S/C14H23N5O.2ClH/c15-11-5-3-4-10(11)8-14(20)16-9-13-18-17-12-6-1-2-7-19(12)13;;/h10-11H,1-9,15H2,(H,16,20);2*1H/t10-,11+;;/m0../s1. The molecule has 1 aliphatic heterocycles. The first kappa shape index (κ1) is 19.2. The Morgan fingerprint density at radius 3 is 2.77 bits per heavy atom. The highest BCUT2D eigenvalue weighted by molar-refractivity contribution is 5.85. The van der Waals surface area contributed by atoms with Gasteiger partial charge in [0, 0.05) is 25.4 Å². The van der Waals surface area contributed by atoms with Crippen molar-refractivity contribution >= 4 is 30.7 Å². The molecule has 8 heteroatoms. The molecule has 0 radical (unpaired) electrons. The molecule has 6 nitrogen and oxygen atoms in total. The lowest BCUT2D eigenvalue weighted by molar-refractivity contribution is -0.122. The number of hydrogen-bond donors (Lipinski definition) is 2. The Balaban J connectivity index is 0.00000121. The van der Waals surface area contributed by atoms with Crippen molar-refractivity contribution in [3.05, 3.63) is 11.6 Å². The zero-order chi connectivity index (χ0) is 13.9. The van der Waals surface area contributed by atoms with Crippen LogP contribution >= 0.6 is 24.8 Å². The maximum Gasteiger partial charge on any atom is 0.220 e. The van der Waals surface area contributed by atoms with Gasteiger partial charge in [-0.1, -0.05) is 6.42 Å². The summed E-state index contributed by atoms with van der Waals surface area (Å²) in [5.41, 5.74) is 6.00. The number of aromatic nitrogens is 3. The zero-order valence-electron chi connectivity index (χ0n) is 12.7. The van der Waals surface area contributed by atoms with Crippen molar-refractivity contribution in [3.8, 4) is 0 Å². The molecule has 0 unspecified atom stereocenters. The fourth-order valence-electron chi connectivity index (χ4n) is 3.31. The number of halogens is 2. The molecule has 1 saturated carbocycles. The summed E-state index contributed by atoms with van der Waals surface area (Å²) in [5, 5.41) is 11.3. The third kappa shape index (κ3) is 4.33. The van der Waals surface area contributed by atoms with Gasteiger partial charge in [0.25, 0.3) is 0 Å². The van der Waals surface area contributed by atoms with E-state index in [1.54, 1.807) is 0 Å². The van der Waals surface area contributed by atoms with E-state index in [9.17, 15) is 4.79 Å². The number of amides is 1. The highest BCUT2D eigenvalue weighted by Crippen LogP contribution is 2.26. The van der Waals surface area contributed by atoms with E-state index in [-0.39, 0.29) is 36.8 Å². The van der Waals surface area contributed by atoms with Crippen molar-refractivity contribution in [1.82, 2.24) is 20.1 Å². The second-order valence-electron chi connectivity index (χ2n) is 5.98. The van der Waals surface area contributed by atoms with Crippen molar-refractivity contribution in [2.75, 3.05) is 0 Å². The Morgan fingerprint density at radius 2 is 2.05 bits per heavy atom. The van der Waals surface area contributed by atoms with Gasteiger partial charge in [-0.05, 0) is 31.6 Å². The van der Waals surface area contributed by atoms with E-state index in [0.29, 0.717) is 18.9 Å². The van der Waals surface area contributed by atoms with Crippen LogP contribution in [0.1, 0.15) is 50.2 Å². The van der Waals surface area contributed by atoms with Crippen LogP contribution in [-0.2, 0) is 24.3 Å². The average molecular weight is 350 g/mol. The van der Waals surface area contributed by atoms with Gasteiger partial charge in [-0.2, -0.15) is 0 Å². The predicted molar refractivity (Wildman–Crippen MR) is 89.2 cm³/mol. The number of carbonyl (C=O) groups is 1. The zero-order valence-corrected chi connectivity index (χ0v) is 14.3. The van der Waals surface area contributed by atoms with E-state index in [2.05, 4.69) is 20.1 Å². The highest BCUT2D eigenvalue weighted by Gasteiger charge is 2.26. The van der Waals surface area contributed by atoms with Gasteiger partial charge >= 0.3 is 0 Å². The van der Waals surface area contributed by atoms with E-state index in [0.717, 1.165) is 43.9 Å². The lowest BCUT2D eigenvalue weighted by Crippen LogP contribution is -2.32. The number of nitrogens with two attached hydrogens (primary N) is 1. The first-order valence-corrected chi connectivity index (χ1v) is 7.67. The van der Waals surface area contributed by atoms with E-state index < -0.39 is 0 Å². The van der Waals surface area contributed by atoms with Crippen LogP contribution in [0, 0.1) is 5.92 Å². The van der Waals surface area contributed by atoms with Crippen molar-refractivity contribution in [1.29, 1.82) is 0 Å². The Labute approximate surface area is 143 Å². The summed E-state index contributed by atoms with van der Waals surface area (Å²) in [5.74, 6) is 2.37. The molecule has 2 aliphatic rings. The van der Waals surface area contributed by atoms with Gasteiger partial charge in [-0.25, -0.2) is 0 Å². The molecule has 1 amide bonds. The molecule has 1 aliphatic carbocycles. The van der Waals surface area contributed by atoms with E-state index >= 15 is 0 Å². The molecule has 126 valence electrons. The first-order chi connectivity index (χ1) is 9.74. The molecular weight excluding hydrogens is 325 g/mol. The minimum atomic E-state index is 0. The number of aryl methyl sites for hydroxylation is 1. The van der Waals surface area contributed by atoms with Crippen LogP contribution in [0.15, 0.2) is 0 Å². The maximum absolute atomic E-state index is 12.0. The Kier molecular flexibility index (Phi) is 7.59. The van der Waals surface area contributed by atoms with E-state index in [1.807, 2.05) is 0 Å². The average Bonchev–Trinajstić information content (AvgIpc) is 3.04.